The second-order valence-electron chi connectivity index (χ2n) is 4.10. The lowest BCUT2D eigenvalue weighted by molar-refractivity contribution is 0.551. The summed E-state index contributed by atoms with van der Waals surface area (Å²) >= 11 is 0. The highest BCUT2D eigenvalue weighted by Gasteiger charge is 2.04. The first-order valence-corrected chi connectivity index (χ1v) is 5.79. The maximum Gasteiger partial charge on any atom is 0.198 e. The van der Waals surface area contributed by atoms with E-state index in [1.807, 2.05) is 32.0 Å². The number of nitrogens with zero attached hydrogens (tertiary/aromatic N) is 2. The van der Waals surface area contributed by atoms with Gasteiger partial charge in [-0.1, -0.05) is 0 Å². The molecule has 6 heteroatoms. The van der Waals surface area contributed by atoms with Crippen LogP contribution in [0.1, 0.15) is 12.7 Å². The normalized spacial score (nSPS) is 12.2. The van der Waals surface area contributed by atoms with Crippen molar-refractivity contribution in [3.8, 4) is 0 Å². The molecule has 0 fully saturated rings. The smallest absolute Gasteiger partial charge is 0.198 e. The van der Waals surface area contributed by atoms with E-state index in [9.17, 15) is 0 Å². The number of aryl methyl sites for hydroxylation is 1. The van der Waals surface area contributed by atoms with Crippen LogP contribution >= 0.6 is 0 Å². The fourth-order valence-electron chi connectivity index (χ4n) is 1.44. The van der Waals surface area contributed by atoms with Gasteiger partial charge in [0.2, 0.25) is 0 Å². The Morgan fingerprint density at radius 1 is 1.33 bits per heavy atom. The van der Waals surface area contributed by atoms with Crippen molar-refractivity contribution in [2.24, 2.45) is 5.73 Å². The number of rotatable bonds is 5. The predicted molar refractivity (Wildman–Crippen MR) is 70.9 cm³/mol. The van der Waals surface area contributed by atoms with E-state index in [2.05, 4.69) is 20.6 Å². The molecule has 2 rings (SSSR count). The fourth-order valence-corrected chi connectivity index (χ4v) is 1.44. The van der Waals surface area contributed by atoms with Crippen molar-refractivity contribution in [1.29, 1.82) is 0 Å². The maximum atomic E-state index is 5.55. The fraction of sp³-hybridized carbons (Fsp3) is 0.333. The van der Waals surface area contributed by atoms with Gasteiger partial charge < -0.3 is 20.8 Å². The van der Waals surface area contributed by atoms with E-state index in [1.54, 1.807) is 0 Å². The van der Waals surface area contributed by atoms with E-state index in [0.717, 1.165) is 11.6 Å². The molecule has 0 bridgehead atoms. The standard InChI is InChI=1S/C12H17N5O/c1-8(6-13)16-10-5-11(15-7-14-10)17-12-4-3-9(2)18-12/h3-5,7-8H,6,13H2,1-2H3,(H2,14,15,16,17). The van der Waals surface area contributed by atoms with Crippen molar-refractivity contribution in [1.82, 2.24) is 9.97 Å². The third-order valence-corrected chi connectivity index (χ3v) is 2.41. The summed E-state index contributed by atoms with van der Waals surface area (Å²) in [6, 6.07) is 5.72. The second kappa shape index (κ2) is 5.50. The van der Waals surface area contributed by atoms with E-state index in [0.29, 0.717) is 18.2 Å². The Balaban J connectivity index is 2.07. The van der Waals surface area contributed by atoms with Crippen molar-refractivity contribution in [2.75, 3.05) is 17.2 Å². The van der Waals surface area contributed by atoms with Crippen LogP contribution in [0.25, 0.3) is 0 Å². The van der Waals surface area contributed by atoms with Gasteiger partial charge in [0.15, 0.2) is 5.88 Å². The number of nitrogens with one attached hydrogen (secondary N) is 2. The Labute approximate surface area is 106 Å². The molecule has 0 spiro atoms. The van der Waals surface area contributed by atoms with Crippen molar-refractivity contribution in [3.63, 3.8) is 0 Å². The van der Waals surface area contributed by atoms with Crippen LogP contribution in [-0.2, 0) is 0 Å². The second-order valence-corrected chi connectivity index (χ2v) is 4.10. The lowest BCUT2D eigenvalue weighted by Gasteiger charge is -2.12. The van der Waals surface area contributed by atoms with Crippen molar-refractivity contribution in [3.05, 3.63) is 30.3 Å². The zero-order chi connectivity index (χ0) is 13.0. The van der Waals surface area contributed by atoms with Crippen LogP contribution in [0.3, 0.4) is 0 Å². The lowest BCUT2D eigenvalue weighted by Crippen LogP contribution is -2.25. The van der Waals surface area contributed by atoms with Gasteiger partial charge in [-0.2, -0.15) is 0 Å². The van der Waals surface area contributed by atoms with Gasteiger partial charge in [-0.15, -0.1) is 0 Å². The van der Waals surface area contributed by atoms with Crippen LogP contribution in [-0.4, -0.2) is 22.6 Å². The highest BCUT2D eigenvalue weighted by molar-refractivity contribution is 5.54. The van der Waals surface area contributed by atoms with Crippen molar-refractivity contribution >= 4 is 17.5 Å². The zero-order valence-electron chi connectivity index (χ0n) is 10.5. The summed E-state index contributed by atoms with van der Waals surface area (Å²) in [5.74, 6) is 2.91. The summed E-state index contributed by atoms with van der Waals surface area (Å²) in [7, 11) is 0. The van der Waals surface area contributed by atoms with Gasteiger partial charge in [0.05, 0.1) is 0 Å². The molecule has 1 atom stereocenters. The van der Waals surface area contributed by atoms with Crippen LogP contribution < -0.4 is 16.4 Å². The Morgan fingerprint density at radius 2 is 2.11 bits per heavy atom. The minimum absolute atomic E-state index is 0.165. The molecule has 96 valence electrons. The molecule has 0 aliphatic carbocycles. The monoisotopic (exact) mass is 247 g/mol. The topological polar surface area (TPSA) is 89.0 Å². The summed E-state index contributed by atoms with van der Waals surface area (Å²) in [4.78, 5) is 8.25. The molecular formula is C12H17N5O. The van der Waals surface area contributed by atoms with E-state index in [-0.39, 0.29) is 6.04 Å². The van der Waals surface area contributed by atoms with Crippen molar-refractivity contribution < 1.29 is 4.42 Å². The Kier molecular flexibility index (Phi) is 3.78. The number of aromatic nitrogens is 2. The number of hydrogen-bond acceptors (Lipinski definition) is 6. The Morgan fingerprint density at radius 3 is 2.78 bits per heavy atom. The lowest BCUT2D eigenvalue weighted by atomic mass is 10.3. The molecule has 0 saturated heterocycles. The van der Waals surface area contributed by atoms with Crippen LogP contribution in [0, 0.1) is 6.92 Å². The van der Waals surface area contributed by atoms with E-state index in [4.69, 9.17) is 10.2 Å². The number of nitrogens with two attached hydrogens (primary N) is 1. The van der Waals surface area contributed by atoms with Crippen LogP contribution in [0.5, 0.6) is 0 Å². The Hall–Kier alpha value is -2.08. The first kappa shape index (κ1) is 12.4. The van der Waals surface area contributed by atoms with Crippen LogP contribution in [0.15, 0.2) is 28.9 Å². The molecule has 18 heavy (non-hydrogen) atoms. The number of furan rings is 1. The number of anilines is 3. The molecule has 0 amide bonds. The molecule has 0 aliphatic heterocycles. The van der Waals surface area contributed by atoms with Crippen LogP contribution in [0.4, 0.5) is 17.5 Å². The summed E-state index contributed by atoms with van der Waals surface area (Å²) < 4.78 is 5.42. The highest BCUT2D eigenvalue weighted by atomic mass is 16.4. The molecule has 0 saturated carbocycles. The molecule has 6 nitrogen and oxygen atoms in total. The first-order valence-electron chi connectivity index (χ1n) is 5.79. The van der Waals surface area contributed by atoms with Gasteiger partial charge in [-0.25, -0.2) is 9.97 Å². The third-order valence-electron chi connectivity index (χ3n) is 2.41. The molecule has 0 aromatic carbocycles. The quantitative estimate of drug-likeness (QED) is 0.747. The molecule has 0 radical (unpaired) electrons. The molecule has 2 heterocycles. The van der Waals surface area contributed by atoms with Gasteiger partial charge in [-0.05, 0) is 19.9 Å². The average molecular weight is 247 g/mol. The molecule has 1 unspecified atom stereocenters. The minimum Gasteiger partial charge on any atom is -0.446 e. The van der Waals surface area contributed by atoms with Gasteiger partial charge >= 0.3 is 0 Å². The first-order chi connectivity index (χ1) is 8.67. The summed E-state index contributed by atoms with van der Waals surface area (Å²) in [6.07, 6.45) is 1.49. The van der Waals surface area contributed by atoms with Gasteiger partial charge in [0.1, 0.15) is 23.7 Å². The minimum atomic E-state index is 0.165. The SMILES string of the molecule is Cc1ccc(Nc2cc(NC(C)CN)ncn2)o1. The average Bonchev–Trinajstić information content (AvgIpc) is 2.75. The molecular weight excluding hydrogens is 230 g/mol. The Bertz CT molecular complexity index is 511. The van der Waals surface area contributed by atoms with Crippen molar-refractivity contribution in [2.45, 2.75) is 19.9 Å². The highest BCUT2D eigenvalue weighted by Crippen LogP contribution is 2.18. The molecule has 4 N–H and O–H groups in total. The molecule has 2 aromatic rings. The third kappa shape index (κ3) is 3.21. The van der Waals surface area contributed by atoms with Gasteiger partial charge in [0.25, 0.3) is 0 Å². The largest absolute Gasteiger partial charge is 0.446 e. The van der Waals surface area contributed by atoms with E-state index >= 15 is 0 Å². The maximum absolute atomic E-state index is 5.55. The van der Waals surface area contributed by atoms with Crippen LogP contribution in [0.2, 0.25) is 0 Å². The van der Waals surface area contributed by atoms with Gasteiger partial charge in [0, 0.05) is 24.7 Å². The van der Waals surface area contributed by atoms with E-state index < -0.39 is 0 Å². The van der Waals surface area contributed by atoms with E-state index in [1.165, 1.54) is 6.33 Å². The van der Waals surface area contributed by atoms with Gasteiger partial charge in [-0.3, -0.25) is 0 Å². The number of hydrogen-bond donors (Lipinski definition) is 3. The summed E-state index contributed by atoms with van der Waals surface area (Å²) in [6.45, 7) is 4.43. The predicted octanol–water partition coefficient (Wildman–Crippen LogP) is 1.88. The zero-order valence-corrected chi connectivity index (χ0v) is 10.5. The summed E-state index contributed by atoms with van der Waals surface area (Å²) in [5.41, 5.74) is 5.55. The molecule has 0 aliphatic rings. The summed E-state index contributed by atoms with van der Waals surface area (Å²) in [5, 5.41) is 6.24. The molecule has 2 aromatic heterocycles.